The summed E-state index contributed by atoms with van der Waals surface area (Å²) in [5.41, 5.74) is 0.258. The molecule has 1 N–H and O–H groups in total. The van der Waals surface area contributed by atoms with Crippen LogP contribution < -0.4 is 4.72 Å². The molecule has 0 bridgehead atoms. The van der Waals surface area contributed by atoms with Gasteiger partial charge in [0.15, 0.2) is 5.82 Å². The second-order valence-corrected chi connectivity index (χ2v) is 5.95. The lowest BCUT2D eigenvalue weighted by Gasteiger charge is -2.06. The number of rotatable bonds is 5. The molecule has 0 unspecified atom stereocenters. The minimum Gasteiger partial charge on any atom is -0.360 e. The van der Waals surface area contributed by atoms with Gasteiger partial charge in [0.05, 0.1) is 5.75 Å². The molecule has 0 atom stereocenters. The predicted molar refractivity (Wildman–Crippen MR) is 68.9 cm³/mol. The number of alkyl halides is 2. The van der Waals surface area contributed by atoms with Crippen LogP contribution in [0.2, 0.25) is 0 Å². The Bertz CT molecular complexity index is 681. The molecule has 0 aliphatic heterocycles. The molecule has 20 heavy (non-hydrogen) atoms. The van der Waals surface area contributed by atoms with Crippen molar-refractivity contribution >= 4 is 15.8 Å². The molecule has 0 spiro atoms. The van der Waals surface area contributed by atoms with Crippen molar-refractivity contribution in [2.45, 2.75) is 19.1 Å². The number of hydrogen-bond acceptors (Lipinski definition) is 4. The average molecular weight is 302 g/mol. The van der Waals surface area contributed by atoms with Crippen LogP contribution in [0.15, 0.2) is 34.9 Å². The van der Waals surface area contributed by atoms with Gasteiger partial charge in [-0.3, -0.25) is 4.72 Å². The highest BCUT2D eigenvalue weighted by Gasteiger charge is 2.15. The van der Waals surface area contributed by atoms with Crippen LogP contribution in [0, 0.1) is 6.92 Å². The third-order valence-electron chi connectivity index (χ3n) is 2.48. The maximum atomic E-state index is 12.4. The summed E-state index contributed by atoms with van der Waals surface area (Å²) in [5, 5.41) is 3.52. The van der Waals surface area contributed by atoms with Gasteiger partial charge in [0, 0.05) is 11.6 Å². The normalized spacial score (nSPS) is 11.8. The first-order valence-corrected chi connectivity index (χ1v) is 7.32. The number of sulfonamides is 1. The summed E-state index contributed by atoms with van der Waals surface area (Å²) in [7, 11) is -3.67. The average Bonchev–Trinajstić information content (AvgIpc) is 2.73. The van der Waals surface area contributed by atoms with Crippen molar-refractivity contribution in [3.05, 3.63) is 47.2 Å². The summed E-state index contributed by atoms with van der Waals surface area (Å²) in [6.45, 7) is 1.63. The van der Waals surface area contributed by atoms with Gasteiger partial charge in [-0.1, -0.05) is 29.4 Å². The van der Waals surface area contributed by atoms with Crippen molar-refractivity contribution in [2.75, 3.05) is 4.72 Å². The Hall–Kier alpha value is -1.96. The van der Waals surface area contributed by atoms with Crippen LogP contribution in [0.4, 0.5) is 14.6 Å². The van der Waals surface area contributed by atoms with Gasteiger partial charge >= 0.3 is 0 Å². The number of benzene rings is 1. The molecule has 2 rings (SSSR count). The molecule has 0 saturated carbocycles. The van der Waals surface area contributed by atoms with Crippen LogP contribution in [-0.4, -0.2) is 13.6 Å². The first-order chi connectivity index (χ1) is 9.35. The highest BCUT2D eigenvalue weighted by molar-refractivity contribution is 7.91. The summed E-state index contributed by atoms with van der Waals surface area (Å²) in [6, 6.07) is 6.56. The lowest BCUT2D eigenvalue weighted by Crippen LogP contribution is -2.15. The molecule has 8 heteroatoms. The van der Waals surface area contributed by atoms with Crippen LogP contribution in [0.5, 0.6) is 0 Å². The second kappa shape index (κ2) is 5.58. The Morgan fingerprint density at radius 2 is 1.95 bits per heavy atom. The van der Waals surface area contributed by atoms with Crippen LogP contribution in [0.3, 0.4) is 0 Å². The Morgan fingerprint density at radius 3 is 2.45 bits per heavy atom. The maximum Gasteiger partial charge on any atom is 0.263 e. The molecule has 1 aromatic carbocycles. The second-order valence-electron chi connectivity index (χ2n) is 4.23. The fraction of sp³-hybridized carbons (Fsp3) is 0.250. The van der Waals surface area contributed by atoms with Crippen LogP contribution >= 0.6 is 0 Å². The summed E-state index contributed by atoms with van der Waals surface area (Å²) >= 11 is 0. The van der Waals surface area contributed by atoms with Crippen molar-refractivity contribution in [3.8, 4) is 0 Å². The van der Waals surface area contributed by atoms with E-state index in [1.54, 1.807) is 6.92 Å². The fourth-order valence-corrected chi connectivity index (χ4v) is 2.71. The molecule has 0 saturated heterocycles. The zero-order valence-corrected chi connectivity index (χ0v) is 11.3. The zero-order chi connectivity index (χ0) is 14.8. The third kappa shape index (κ3) is 3.77. The van der Waals surface area contributed by atoms with Gasteiger partial charge in [0.1, 0.15) is 5.76 Å². The van der Waals surface area contributed by atoms with E-state index in [9.17, 15) is 17.2 Å². The molecule has 0 fully saturated rings. The molecule has 5 nitrogen and oxygen atoms in total. The molecule has 1 heterocycles. The molecule has 1 aromatic heterocycles. The molecule has 0 radical (unpaired) electrons. The minimum atomic E-state index is -3.67. The smallest absolute Gasteiger partial charge is 0.263 e. The van der Waals surface area contributed by atoms with Gasteiger partial charge in [-0.25, -0.2) is 17.2 Å². The SMILES string of the molecule is Cc1cc(NS(=O)(=O)Cc2ccc(C(F)F)cc2)no1. The van der Waals surface area contributed by atoms with Crippen molar-refractivity contribution in [3.63, 3.8) is 0 Å². The van der Waals surface area contributed by atoms with Gasteiger partial charge < -0.3 is 4.52 Å². The lowest BCUT2D eigenvalue weighted by atomic mass is 10.2. The number of aromatic nitrogens is 1. The molecule has 0 aliphatic carbocycles. The third-order valence-corrected chi connectivity index (χ3v) is 3.71. The zero-order valence-electron chi connectivity index (χ0n) is 10.5. The topological polar surface area (TPSA) is 72.2 Å². The van der Waals surface area contributed by atoms with E-state index in [0.29, 0.717) is 11.3 Å². The van der Waals surface area contributed by atoms with Crippen LogP contribution in [0.1, 0.15) is 23.3 Å². The monoisotopic (exact) mass is 302 g/mol. The van der Waals surface area contributed by atoms with E-state index in [2.05, 4.69) is 9.88 Å². The molecule has 0 amide bonds. The van der Waals surface area contributed by atoms with Crippen molar-refractivity contribution in [2.24, 2.45) is 0 Å². The van der Waals surface area contributed by atoms with Gasteiger partial charge in [-0.2, -0.15) is 0 Å². The summed E-state index contributed by atoms with van der Waals surface area (Å²) in [5.74, 6) is 0.235. The van der Waals surface area contributed by atoms with Crippen molar-refractivity contribution in [1.82, 2.24) is 5.16 Å². The van der Waals surface area contributed by atoms with Crippen LogP contribution in [0.25, 0.3) is 0 Å². The number of anilines is 1. The standard InChI is InChI=1S/C12H12F2N2O3S/c1-8-6-11(15-19-8)16-20(17,18)7-9-2-4-10(5-3-9)12(13)14/h2-6,12H,7H2,1H3,(H,15,16). The fourth-order valence-electron chi connectivity index (χ4n) is 1.59. The Kier molecular flexibility index (Phi) is 4.03. The molecule has 2 aromatic rings. The highest BCUT2D eigenvalue weighted by atomic mass is 32.2. The Balaban J connectivity index is 2.08. The minimum absolute atomic E-state index is 0.0895. The van der Waals surface area contributed by atoms with E-state index in [-0.39, 0.29) is 17.1 Å². The van der Waals surface area contributed by atoms with Crippen LogP contribution in [-0.2, 0) is 15.8 Å². The number of hydrogen-bond donors (Lipinski definition) is 1. The van der Waals surface area contributed by atoms with Crippen molar-refractivity contribution in [1.29, 1.82) is 0 Å². The number of nitrogens with zero attached hydrogens (tertiary/aromatic N) is 1. The number of nitrogens with one attached hydrogen (secondary N) is 1. The largest absolute Gasteiger partial charge is 0.360 e. The summed E-state index contributed by atoms with van der Waals surface area (Å²) < 4.78 is 55.5. The Labute approximate surface area is 114 Å². The van der Waals surface area contributed by atoms with Crippen molar-refractivity contribution < 1.29 is 21.7 Å². The first kappa shape index (κ1) is 14.4. The first-order valence-electron chi connectivity index (χ1n) is 5.66. The quantitative estimate of drug-likeness (QED) is 0.921. The van der Waals surface area contributed by atoms with E-state index >= 15 is 0 Å². The summed E-state index contributed by atoms with van der Waals surface area (Å²) in [4.78, 5) is 0. The number of aryl methyl sites for hydroxylation is 1. The van der Waals surface area contributed by atoms with Gasteiger partial charge in [0.25, 0.3) is 6.43 Å². The van der Waals surface area contributed by atoms with E-state index in [1.165, 1.54) is 30.3 Å². The molecular weight excluding hydrogens is 290 g/mol. The molecular formula is C12H12F2N2O3S. The Morgan fingerprint density at radius 1 is 1.30 bits per heavy atom. The number of halogens is 2. The molecule has 0 aliphatic rings. The molecule has 108 valence electrons. The highest BCUT2D eigenvalue weighted by Crippen LogP contribution is 2.20. The van der Waals surface area contributed by atoms with Gasteiger partial charge in [-0.05, 0) is 12.5 Å². The van der Waals surface area contributed by atoms with E-state index < -0.39 is 16.4 Å². The van der Waals surface area contributed by atoms with E-state index in [4.69, 9.17) is 4.52 Å². The van der Waals surface area contributed by atoms with Gasteiger partial charge in [0.2, 0.25) is 10.0 Å². The maximum absolute atomic E-state index is 12.4. The summed E-state index contributed by atoms with van der Waals surface area (Å²) in [6.07, 6.45) is -2.57. The van der Waals surface area contributed by atoms with E-state index in [0.717, 1.165) is 0 Å². The van der Waals surface area contributed by atoms with E-state index in [1.807, 2.05) is 0 Å². The lowest BCUT2D eigenvalue weighted by molar-refractivity contribution is 0.151. The predicted octanol–water partition coefficient (Wildman–Crippen LogP) is 2.86. The van der Waals surface area contributed by atoms with Gasteiger partial charge in [-0.15, -0.1) is 0 Å².